The van der Waals surface area contributed by atoms with Crippen LogP contribution in [0.15, 0.2) is 30.3 Å². The standard InChI is InChI=1S/C15H21NO/c1-16-14(11-12-7-3-2-4-8-12)13-9-5-6-10-15(13)17-16/h2-4,7-8,13-15H,5-6,9-11H2,1H3/t13-,14+,15-/m0/s1. The molecule has 2 aliphatic rings. The molecule has 2 fully saturated rings. The molecule has 1 saturated carbocycles. The van der Waals surface area contributed by atoms with Crippen molar-refractivity contribution >= 4 is 0 Å². The Balaban J connectivity index is 1.73. The summed E-state index contributed by atoms with van der Waals surface area (Å²) in [6.07, 6.45) is 6.92. The van der Waals surface area contributed by atoms with Crippen molar-refractivity contribution < 1.29 is 4.84 Å². The number of benzene rings is 1. The SMILES string of the molecule is CN1O[C@H]2CCCC[C@H]2[C@H]1Cc1ccccc1. The van der Waals surface area contributed by atoms with E-state index in [4.69, 9.17) is 4.84 Å². The molecule has 0 radical (unpaired) electrons. The van der Waals surface area contributed by atoms with E-state index in [0.717, 1.165) is 12.3 Å². The second-order valence-electron chi connectivity index (χ2n) is 5.40. The molecule has 1 aromatic rings. The van der Waals surface area contributed by atoms with Gasteiger partial charge in [-0.3, -0.25) is 4.84 Å². The van der Waals surface area contributed by atoms with Crippen molar-refractivity contribution in [3.05, 3.63) is 35.9 Å². The Bertz CT molecular complexity index is 364. The second-order valence-corrected chi connectivity index (χ2v) is 5.40. The van der Waals surface area contributed by atoms with Crippen molar-refractivity contribution in [3.63, 3.8) is 0 Å². The smallest absolute Gasteiger partial charge is 0.0837 e. The van der Waals surface area contributed by atoms with Crippen LogP contribution in [0, 0.1) is 5.92 Å². The number of rotatable bonds is 2. The summed E-state index contributed by atoms with van der Waals surface area (Å²) in [5.41, 5.74) is 1.43. The molecule has 2 nitrogen and oxygen atoms in total. The Hall–Kier alpha value is -0.860. The molecule has 1 aromatic carbocycles. The quantitative estimate of drug-likeness (QED) is 0.775. The summed E-state index contributed by atoms with van der Waals surface area (Å²) in [7, 11) is 2.10. The van der Waals surface area contributed by atoms with Crippen molar-refractivity contribution in [1.82, 2.24) is 5.06 Å². The molecule has 1 aliphatic carbocycles. The fraction of sp³-hybridized carbons (Fsp3) is 0.600. The molecule has 0 unspecified atom stereocenters. The zero-order chi connectivity index (χ0) is 11.7. The molecule has 92 valence electrons. The van der Waals surface area contributed by atoms with Crippen molar-refractivity contribution in [1.29, 1.82) is 0 Å². The van der Waals surface area contributed by atoms with Crippen LogP contribution in [0.5, 0.6) is 0 Å². The van der Waals surface area contributed by atoms with Gasteiger partial charge in [0.15, 0.2) is 0 Å². The summed E-state index contributed by atoms with van der Waals surface area (Å²) in [6, 6.07) is 11.4. The molecule has 0 aromatic heterocycles. The average molecular weight is 231 g/mol. The van der Waals surface area contributed by atoms with Crippen LogP contribution in [0.3, 0.4) is 0 Å². The number of likely N-dealkylation sites (N-methyl/N-ethyl adjacent to an activating group) is 1. The summed E-state index contributed by atoms with van der Waals surface area (Å²) in [6.45, 7) is 0. The van der Waals surface area contributed by atoms with E-state index in [9.17, 15) is 0 Å². The van der Waals surface area contributed by atoms with Crippen LogP contribution >= 0.6 is 0 Å². The summed E-state index contributed by atoms with van der Waals surface area (Å²) in [4.78, 5) is 5.98. The van der Waals surface area contributed by atoms with Gasteiger partial charge in [-0.2, -0.15) is 5.06 Å². The lowest BCUT2D eigenvalue weighted by Crippen LogP contribution is -2.32. The lowest BCUT2D eigenvalue weighted by atomic mass is 9.80. The van der Waals surface area contributed by atoms with Crippen LogP contribution < -0.4 is 0 Å². The Labute approximate surface area is 104 Å². The van der Waals surface area contributed by atoms with Gasteiger partial charge in [0.25, 0.3) is 0 Å². The average Bonchev–Trinajstić information content (AvgIpc) is 2.68. The molecule has 1 saturated heterocycles. The number of hydrogen-bond acceptors (Lipinski definition) is 2. The van der Waals surface area contributed by atoms with Gasteiger partial charge in [-0.1, -0.05) is 43.2 Å². The monoisotopic (exact) mass is 231 g/mol. The highest BCUT2D eigenvalue weighted by Gasteiger charge is 2.42. The van der Waals surface area contributed by atoms with Gasteiger partial charge >= 0.3 is 0 Å². The Morgan fingerprint density at radius 3 is 2.76 bits per heavy atom. The third-order valence-electron chi connectivity index (χ3n) is 4.30. The number of fused-ring (bicyclic) bond motifs is 1. The van der Waals surface area contributed by atoms with Crippen LogP contribution in [-0.4, -0.2) is 24.3 Å². The first-order chi connectivity index (χ1) is 8.34. The normalized spacial score (nSPS) is 33.6. The van der Waals surface area contributed by atoms with Crippen LogP contribution in [0.1, 0.15) is 31.2 Å². The topological polar surface area (TPSA) is 12.5 Å². The Morgan fingerprint density at radius 2 is 1.94 bits per heavy atom. The molecule has 0 spiro atoms. The van der Waals surface area contributed by atoms with E-state index in [2.05, 4.69) is 42.4 Å². The summed E-state index contributed by atoms with van der Waals surface area (Å²) in [5.74, 6) is 0.744. The van der Waals surface area contributed by atoms with Gasteiger partial charge in [-0.15, -0.1) is 0 Å². The van der Waals surface area contributed by atoms with E-state index in [1.807, 2.05) is 0 Å². The van der Waals surface area contributed by atoms with Crippen molar-refractivity contribution in [2.45, 2.75) is 44.2 Å². The molecule has 1 heterocycles. The third-order valence-corrected chi connectivity index (χ3v) is 4.30. The summed E-state index contributed by atoms with van der Waals surface area (Å²) >= 11 is 0. The fourth-order valence-corrected chi connectivity index (χ4v) is 3.39. The highest BCUT2D eigenvalue weighted by molar-refractivity contribution is 5.16. The van der Waals surface area contributed by atoms with E-state index in [1.54, 1.807) is 0 Å². The fourth-order valence-electron chi connectivity index (χ4n) is 3.39. The lowest BCUT2D eigenvalue weighted by molar-refractivity contribution is -0.146. The predicted octanol–water partition coefficient (Wildman–Crippen LogP) is 3.03. The van der Waals surface area contributed by atoms with Gasteiger partial charge in [0.2, 0.25) is 0 Å². The molecule has 17 heavy (non-hydrogen) atoms. The Morgan fingerprint density at radius 1 is 1.18 bits per heavy atom. The highest BCUT2D eigenvalue weighted by atomic mass is 16.7. The zero-order valence-corrected chi connectivity index (χ0v) is 10.5. The van der Waals surface area contributed by atoms with E-state index < -0.39 is 0 Å². The minimum absolute atomic E-state index is 0.488. The van der Waals surface area contributed by atoms with E-state index in [-0.39, 0.29) is 0 Å². The highest BCUT2D eigenvalue weighted by Crippen LogP contribution is 2.38. The van der Waals surface area contributed by atoms with E-state index in [0.29, 0.717) is 12.1 Å². The molecular weight excluding hydrogens is 210 g/mol. The van der Waals surface area contributed by atoms with Crippen LogP contribution in [0.4, 0.5) is 0 Å². The summed E-state index contributed by atoms with van der Waals surface area (Å²) < 4.78 is 0. The molecular formula is C15H21NO. The number of hydroxylamine groups is 2. The maximum atomic E-state index is 5.98. The minimum Gasteiger partial charge on any atom is -0.295 e. The minimum atomic E-state index is 0.488. The van der Waals surface area contributed by atoms with Gasteiger partial charge in [0.1, 0.15) is 0 Å². The second kappa shape index (κ2) is 4.79. The lowest BCUT2D eigenvalue weighted by Gasteiger charge is -2.26. The van der Waals surface area contributed by atoms with E-state index in [1.165, 1.54) is 31.2 Å². The van der Waals surface area contributed by atoms with Crippen molar-refractivity contribution in [3.8, 4) is 0 Å². The van der Waals surface area contributed by atoms with Gasteiger partial charge in [-0.25, -0.2) is 0 Å². The molecule has 3 rings (SSSR count). The predicted molar refractivity (Wildman–Crippen MR) is 68.5 cm³/mol. The van der Waals surface area contributed by atoms with Crippen LogP contribution in [-0.2, 0) is 11.3 Å². The van der Waals surface area contributed by atoms with Crippen molar-refractivity contribution in [2.24, 2.45) is 5.92 Å². The maximum Gasteiger partial charge on any atom is 0.0837 e. The molecule has 0 bridgehead atoms. The molecule has 0 N–H and O–H groups in total. The number of nitrogens with zero attached hydrogens (tertiary/aromatic N) is 1. The third kappa shape index (κ3) is 2.24. The molecule has 0 amide bonds. The first kappa shape index (κ1) is 11.2. The molecule has 3 atom stereocenters. The van der Waals surface area contributed by atoms with E-state index >= 15 is 0 Å². The molecule has 2 heteroatoms. The van der Waals surface area contributed by atoms with Gasteiger partial charge < -0.3 is 0 Å². The van der Waals surface area contributed by atoms with Crippen molar-refractivity contribution in [2.75, 3.05) is 7.05 Å². The first-order valence-electron chi connectivity index (χ1n) is 6.78. The Kier molecular flexibility index (Phi) is 3.17. The van der Waals surface area contributed by atoms with Crippen LogP contribution in [0.25, 0.3) is 0 Å². The molecule has 1 aliphatic heterocycles. The number of hydrogen-bond donors (Lipinski definition) is 0. The zero-order valence-electron chi connectivity index (χ0n) is 10.5. The largest absolute Gasteiger partial charge is 0.295 e. The maximum absolute atomic E-state index is 5.98. The van der Waals surface area contributed by atoms with Gasteiger partial charge in [-0.05, 0) is 24.8 Å². The van der Waals surface area contributed by atoms with Gasteiger partial charge in [0, 0.05) is 19.0 Å². The summed E-state index contributed by atoms with van der Waals surface area (Å²) in [5, 5.41) is 2.12. The van der Waals surface area contributed by atoms with Gasteiger partial charge in [0.05, 0.1) is 6.10 Å². The first-order valence-corrected chi connectivity index (χ1v) is 6.78. The van der Waals surface area contributed by atoms with Crippen LogP contribution in [0.2, 0.25) is 0 Å².